The van der Waals surface area contributed by atoms with Crippen LogP contribution in [0, 0.1) is 6.92 Å². The van der Waals surface area contributed by atoms with Gasteiger partial charge in [-0.25, -0.2) is 4.79 Å². The van der Waals surface area contributed by atoms with Crippen molar-refractivity contribution in [1.29, 1.82) is 0 Å². The van der Waals surface area contributed by atoms with Crippen LogP contribution in [0.2, 0.25) is 0 Å². The van der Waals surface area contributed by atoms with Crippen LogP contribution in [0.1, 0.15) is 83.9 Å². The van der Waals surface area contributed by atoms with E-state index in [4.69, 9.17) is 10.5 Å². The highest BCUT2D eigenvalue weighted by molar-refractivity contribution is 5.93. The van der Waals surface area contributed by atoms with E-state index in [1.54, 1.807) is 25.7 Å². The summed E-state index contributed by atoms with van der Waals surface area (Å²) in [5.74, 6) is -1.32. The number of rotatable bonds is 10. The van der Waals surface area contributed by atoms with E-state index in [0.29, 0.717) is 5.56 Å². The Morgan fingerprint density at radius 1 is 1.14 bits per heavy atom. The standard InChI is InChI=1S/C26H40N4O5/c1-16(2)28-23(32)22(18-10-7-9-17(3)15-18)30(19-11-8-12-19)24(33)20(13-14-21(27)31)29-25(34)35-26(4,5)6/h7,9-10,15-16,19-20,22H,8,11-14H2,1-6H3,(H2,27,31)(H,28,32)(H,29,34). The molecule has 0 aromatic heterocycles. The zero-order valence-electron chi connectivity index (χ0n) is 21.7. The lowest BCUT2D eigenvalue weighted by molar-refractivity contribution is -0.147. The zero-order valence-corrected chi connectivity index (χ0v) is 21.7. The van der Waals surface area contributed by atoms with Gasteiger partial charge in [-0.05, 0) is 72.8 Å². The fourth-order valence-electron chi connectivity index (χ4n) is 4.00. The molecular formula is C26H40N4O5. The van der Waals surface area contributed by atoms with E-state index in [1.807, 2.05) is 45.0 Å². The number of primary amides is 1. The van der Waals surface area contributed by atoms with E-state index >= 15 is 0 Å². The fraction of sp³-hybridized carbons (Fsp3) is 0.615. The molecule has 2 atom stereocenters. The van der Waals surface area contributed by atoms with Gasteiger partial charge < -0.3 is 26.0 Å². The van der Waals surface area contributed by atoms with E-state index in [1.165, 1.54) is 0 Å². The van der Waals surface area contributed by atoms with Gasteiger partial charge in [-0.1, -0.05) is 29.8 Å². The molecule has 9 nitrogen and oxygen atoms in total. The van der Waals surface area contributed by atoms with Gasteiger partial charge in [0, 0.05) is 18.5 Å². The van der Waals surface area contributed by atoms with Crippen molar-refractivity contribution in [3.8, 4) is 0 Å². The molecular weight excluding hydrogens is 448 g/mol. The topological polar surface area (TPSA) is 131 Å². The summed E-state index contributed by atoms with van der Waals surface area (Å²) in [5.41, 5.74) is 6.23. The molecule has 4 N–H and O–H groups in total. The maximum atomic E-state index is 14.0. The minimum Gasteiger partial charge on any atom is -0.444 e. The Labute approximate surface area is 208 Å². The molecule has 1 saturated carbocycles. The molecule has 4 amide bonds. The highest BCUT2D eigenvalue weighted by Crippen LogP contribution is 2.34. The number of aryl methyl sites for hydroxylation is 1. The van der Waals surface area contributed by atoms with Crippen LogP contribution in [0.4, 0.5) is 4.79 Å². The largest absolute Gasteiger partial charge is 0.444 e. The second-order valence-corrected chi connectivity index (χ2v) is 10.5. The first-order chi connectivity index (χ1) is 16.3. The van der Waals surface area contributed by atoms with Crippen molar-refractivity contribution in [1.82, 2.24) is 15.5 Å². The lowest BCUT2D eigenvalue weighted by Crippen LogP contribution is -2.58. The van der Waals surface area contributed by atoms with Crippen molar-refractivity contribution in [3.05, 3.63) is 35.4 Å². The lowest BCUT2D eigenvalue weighted by Gasteiger charge is -2.43. The molecule has 0 aliphatic heterocycles. The van der Waals surface area contributed by atoms with Crippen LogP contribution in [-0.2, 0) is 19.1 Å². The number of ether oxygens (including phenoxy) is 1. The first kappa shape index (κ1) is 28.1. The molecule has 2 rings (SSSR count). The molecule has 0 radical (unpaired) electrons. The van der Waals surface area contributed by atoms with E-state index in [2.05, 4.69) is 10.6 Å². The van der Waals surface area contributed by atoms with Gasteiger partial charge in [-0.2, -0.15) is 0 Å². The molecule has 1 aromatic rings. The molecule has 1 fully saturated rings. The molecule has 194 valence electrons. The van der Waals surface area contributed by atoms with Crippen molar-refractivity contribution in [3.63, 3.8) is 0 Å². The average molecular weight is 489 g/mol. The van der Waals surface area contributed by atoms with E-state index in [0.717, 1.165) is 24.8 Å². The zero-order chi connectivity index (χ0) is 26.3. The minimum atomic E-state index is -1.07. The summed E-state index contributed by atoms with van der Waals surface area (Å²) in [5, 5.41) is 5.56. The fourth-order valence-corrected chi connectivity index (χ4v) is 4.00. The SMILES string of the molecule is Cc1cccc(C(C(=O)NC(C)C)N(C(=O)C(CCC(N)=O)NC(=O)OC(C)(C)C)C2CCC2)c1. The van der Waals surface area contributed by atoms with Crippen molar-refractivity contribution in [2.45, 2.75) is 103 Å². The number of alkyl carbamates (subject to hydrolysis) is 1. The Balaban J connectivity index is 2.48. The van der Waals surface area contributed by atoms with Crippen molar-refractivity contribution in [2.75, 3.05) is 0 Å². The number of nitrogens with one attached hydrogen (secondary N) is 2. The first-order valence-corrected chi connectivity index (χ1v) is 12.3. The summed E-state index contributed by atoms with van der Waals surface area (Å²) in [4.78, 5) is 53.1. The highest BCUT2D eigenvalue weighted by atomic mass is 16.6. The van der Waals surface area contributed by atoms with Crippen molar-refractivity contribution >= 4 is 23.8 Å². The summed E-state index contributed by atoms with van der Waals surface area (Å²) in [7, 11) is 0. The van der Waals surface area contributed by atoms with Crippen molar-refractivity contribution in [2.24, 2.45) is 5.73 Å². The summed E-state index contributed by atoms with van der Waals surface area (Å²) < 4.78 is 5.35. The van der Waals surface area contributed by atoms with Gasteiger partial charge in [0.1, 0.15) is 17.7 Å². The Hall–Kier alpha value is -3.10. The van der Waals surface area contributed by atoms with Crippen LogP contribution < -0.4 is 16.4 Å². The molecule has 1 aliphatic rings. The monoisotopic (exact) mass is 488 g/mol. The van der Waals surface area contributed by atoms with Crippen LogP contribution in [-0.4, -0.2) is 52.4 Å². The molecule has 0 spiro atoms. The maximum absolute atomic E-state index is 14.0. The predicted molar refractivity (Wildman–Crippen MR) is 133 cm³/mol. The quantitative estimate of drug-likeness (QED) is 0.466. The minimum absolute atomic E-state index is 0.00294. The van der Waals surface area contributed by atoms with Gasteiger partial charge in [-0.3, -0.25) is 14.4 Å². The van der Waals surface area contributed by atoms with Crippen LogP contribution in [0.3, 0.4) is 0 Å². The summed E-state index contributed by atoms with van der Waals surface area (Å²) in [6, 6.07) is 5.26. The van der Waals surface area contributed by atoms with Gasteiger partial charge in [0.2, 0.25) is 17.7 Å². The number of amides is 4. The van der Waals surface area contributed by atoms with Crippen LogP contribution in [0.25, 0.3) is 0 Å². The van der Waals surface area contributed by atoms with E-state index < -0.39 is 35.6 Å². The third kappa shape index (κ3) is 8.56. The van der Waals surface area contributed by atoms with Crippen LogP contribution >= 0.6 is 0 Å². The third-order valence-corrected chi connectivity index (χ3v) is 5.71. The summed E-state index contributed by atoms with van der Waals surface area (Å²) in [6.45, 7) is 10.8. The Morgan fingerprint density at radius 2 is 1.80 bits per heavy atom. The molecule has 0 heterocycles. The molecule has 2 unspecified atom stereocenters. The van der Waals surface area contributed by atoms with Gasteiger partial charge in [0.25, 0.3) is 0 Å². The van der Waals surface area contributed by atoms with Gasteiger partial charge >= 0.3 is 6.09 Å². The van der Waals surface area contributed by atoms with Crippen LogP contribution in [0.5, 0.6) is 0 Å². The van der Waals surface area contributed by atoms with Gasteiger partial charge in [-0.15, -0.1) is 0 Å². The highest BCUT2D eigenvalue weighted by Gasteiger charge is 2.42. The molecule has 1 aromatic carbocycles. The van der Waals surface area contributed by atoms with Crippen molar-refractivity contribution < 1.29 is 23.9 Å². The Bertz CT molecular complexity index is 921. The number of carbonyl (C=O) groups is 4. The smallest absolute Gasteiger partial charge is 0.408 e. The summed E-state index contributed by atoms with van der Waals surface area (Å²) in [6.07, 6.45) is 1.57. The number of hydrogen-bond acceptors (Lipinski definition) is 5. The Morgan fingerprint density at radius 3 is 2.29 bits per heavy atom. The molecule has 0 saturated heterocycles. The van der Waals surface area contributed by atoms with Gasteiger partial charge in [0.05, 0.1) is 0 Å². The number of nitrogens with zero attached hydrogens (tertiary/aromatic N) is 1. The number of benzene rings is 1. The summed E-state index contributed by atoms with van der Waals surface area (Å²) >= 11 is 0. The second kappa shape index (κ2) is 12.0. The number of hydrogen-bond donors (Lipinski definition) is 3. The predicted octanol–water partition coefficient (Wildman–Crippen LogP) is 3.10. The third-order valence-electron chi connectivity index (χ3n) is 5.71. The maximum Gasteiger partial charge on any atom is 0.408 e. The van der Waals surface area contributed by atoms with E-state index in [9.17, 15) is 19.2 Å². The normalized spacial score (nSPS) is 15.5. The number of nitrogens with two attached hydrogens (primary N) is 1. The molecule has 0 bridgehead atoms. The lowest BCUT2D eigenvalue weighted by atomic mass is 9.87. The molecule has 1 aliphatic carbocycles. The average Bonchev–Trinajstić information content (AvgIpc) is 2.66. The van der Waals surface area contributed by atoms with E-state index in [-0.39, 0.29) is 30.8 Å². The molecule has 35 heavy (non-hydrogen) atoms. The molecule has 9 heteroatoms. The first-order valence-electron chi connectivity index (χ1n) is 12.3. The number of carbonyl (C=O) groups excluding carboxylic acids is 4. The van der Waals surface area contributed by atoms with Crippen LogP contribution in [0.15, 0.2) is 24.3 Å². The second-order valence-electron chi connectivity index (χ2n) is 10.5. The Kier molecular flexibility index (Phi) is 9.68. The van der Waals surface area contributed by atoms with Gasteiger partial charge in [0.15, 0.2) is 0 Å².